The molecule has 0 bridgehead atoms. The van der Waals surface area contributed by atoms with Gasteiger partial charge in [-0.05, 0) is 43.4 Å². The summed E-state index contributed by atoms with van der Waals surface area (Å²) in [5.74, 6) is 0.286. The maximum absolute atomic E-state index is 13.1. The van der Waals surface area contributed by atoms with Crippen LogP contribution >= 0.6 is 23.2 Å². The highest BCUT2D eigenvalue weighted by atomic mass is 35.5. The average Bonchev–Trinajstić information content (AvgIpc) is 2.95. The highest BCUT2D eigenvalue weighted by molar-refractivity contribution is 7.89. The van der Waals surface area contributed by atoms with E-state index >= 15 is 0 Å². The molecule has 0 saturated carbocycles. The van der Waals surface area contributed by atoms with Crippen molar-refractivity contribution in [3.8, 4) is 0 Å². The summed E-state index contributed by atoms with van der Waals surface area (Å²) < 4.78 is 32.9. The van der Waals surface area contributed by atoms with Crippen LogP contribution in [0.2, 0.25) is 10.0 Å². The average molecular weight is 435 g/mol. The summed E-state index contributed by atoms with van der Waals surface area (Å²) in [7, 11) is -3.72. The zero-order valence-electron chi connectivity index (χ0n) is 15.6. The molecule has 1 amide bonds. The Hall–Kier alpha value is -1.02. The lowest BCUT2D eigenvalue weighted by Gasteiger charge is -2.38. The van der Waals surface area contributed by atoms with Crippen LogP contribution in [0.4, 0.5) is 4.79 Å². The Morgan fingerprint density at radius 2 is 1.81 bits per heavy atom. The van der Waals surface area contributed by atoms with Crippen LogP contribution in [0.3, 0.4) is 0 Å². The van der Waals surface area contributed by atoms with Crippen LogP contribution in [0.25, 0.3) is 0 Å². The van der Waals surface area contributed by atoms with Gasteiger partial charge in [-0.3, -0.25) is 4.90 Å². The van der Waals surface area contributed by atoms with Crippen LogP contribution in [-0.2, 0) is 14.8 Å². The molecule has 1 unspecified atom stereocenters. The number of halogens is 2. The number of nitrogens with zero attached hydrogens (tertiary/aromatic N) is 2. The molecule has 150 valence electrons. The second-order valence-electron chi connectivity index (χ2n) is 7.46. The van der Waals surface area contributed by atoms with Crippen LogP contribution in [0.1, 0.15) is 32.3 Å². The summed E-state index contributed by atoms with van der Waals surface area (Å²) in [6.45, 7) is 6.87. The SMILES string of the molecule is Cc1cc(Cl)cc(Cl)c1S(=O)(=O)N1CCC(N2C(=O)OCC2C(C)C)CC1. The van der Waals surface area contributed by atoms with E-state index in [0.717, 1.165) is 0 Å². The van der Waals surface area contributed by atoms with Crippen molar-refractivity contribution in [3.05, 3.63) is 27.7 Å². The van der Waals surface area contributed by atoms with Crippen molar-refractivity contribution in [1.82, 2.24) is 9.21 Å². The Labute approximate surface area is 170 Å². The zero-order chi connectivity index (χ0) is 19.9. The summed E-state index contributed by atoms with van der Waals surface area (Å²) in [5, 5.41) is 0.535. The Morgan fingerprint density at radius 3 is 2.37 bits per heavy atom. The minimum atomic E-state index is -3.72. The normalized spacial score (nSPS) is 22.5. The predicted molar refractivity (Wildman–Crippen MR) is 105 cm³/mol. The van der Waals surface area contributed by atoms with Crippen LogP contribution in [0.5, 0.6) is 0 Å². The first kappa shape index (κ1) is 20.7. The first-order chi connectivity index (χ1) is 12.6. The van der Waals surface area contributed by atoms with Gasteiger partial charge >= 0.3 is 6.09 Å². The van der Waals surface area contributed by atoms with E-state index in [9.17, 15) is 13.2 Å². The van der Waals surface area contributed by atoms with Crippen molar-refractivity contribution in [2.75, 3.05) is 19.7 Å². The lowest BCUT2D eigenvalue weighted by Crippen LogP contribution is -2.50. The van der Waals surface area contributed by atoms with Gasteiger partial charge in [-0.25, -0.2) is 13.2 Å². The van der Waals surface area contributed by atoms with Crippen LogP contribution in [0.15, 0.2) is 17.0 Å². The Balaban J connectivity index is 1.77. The number of sulfonamides is 1. The number of carbonyl (C=O) groups excluding carboxylic acids is 1. The first-order valence-electron chi connectivity index (χ1n) is 9.03. The number of aryl methyl sites for hydroxylation is 1. The summed E-state index contributed by atoms with van der Waals surface area (Å²) in [6.07, 6.45) is 0.843. The van der Waals surface area contributed by atoms with Gasteiger partial charge in [0.1, 0.15) is 11.5 Å². The molecule has 2 aliphatic heterocycles. The molecule has 2 heterocycles. The van der Waals surface area contributed by atoms with Crippen LogP contribution in [0, 0.1) is 12.8 Å². The minimum Gasteiger partial charge on any atom is -0.447 e. The monoisotopic (exact) mass is 434 g/mol. The quantitative estimate of drug-likeness (QED) is 0.719. The number of hydrogen-bond donors (Lipinski definition) is 0. The van der Waals surface area contributed by atoms with Gasteiger partial charge in [0.05, 0.1) is 11.1 Å². The molecule has 6 nitrogen and oxygen atoms in total. The molecule has 0 aromatic heterocycles. The third-order valence-corrected chi connectivity index (χ3v) is 8.06. The third kappa shape index (κ3) is 3.92. The summed E-state index contributed by atoms with van der Waals surface area (Å²) >= 11 is 12.1. The van der Waals surface area contributed by atoms with Gasteiger partial charge in [0.25, 0.3) is 0 Å². The van der Waals surface area contributed by atoms with Crippen LogP contribution < -0.4 is 0 Å². The summed E-state index contributed by atoms with van der Waals surface area (Å²) in [6, 6.07) is 3.07. The van der Waals surface area contributed by atoms with Crippen molar-refractivity contribution in [2.45, 2.75) is 50.6 Å². The maximum atomic E-state index is 13.1. The molecule has 3 rings (SSSR count). The second kappa shape index (κ2) is 7.78. The fourth-order valence-corrected chi connectivity index (χ4v) is 6.49. The maximum Gasteiger partial charge on any atom is 0.410 e. The molecule has 1 aromatic carbocycles. The van der Waals surface area contributed by atoms with Gasteiger partial charge < -0.3 is 4.74 Å². The topological polar surface area (TPSA) is 66.9 Å². The highest BCUT2D eigenvalue weighted by Crippen LogP contribution is 2.34. The van der Waals surface area contributed by atoms with Crippen LogP contribution in [-0.4, -0.2) is 55.5 Å². The number of cyclic esters (lactones) is 1. The van der Waals surface area contributed by atoms with Crippen molar-refractivity contribution in [1.29, 1.82) is 0 Å². The Kier molecular flexibility index (Phi) is 5.96. The lowest BCUT2D eigenvalue weighted by atomic mass is 9.98. The molecule has 1 aromatic rings. The molecule has 0 radical (unpaired) electrons. The zero-order valence-corrected chi connectivity index (χ0v) is 17.9. The molecule has 0 N–H and O–H groups in total. The Morgan fingerprint density at radius 1 is 1.19 bits per heavy atom. The molecular weight excluding hydrogens is 411 g/mol. The van der Waals surface area contributed by atoms with E-state index in [1.165, 1.54) is 10.4 Å². The number of piperidine rings is 1. The van der Waals surface area contributed by atoms with Crippen molar-refractivity contribution in [2.24, 2.45) is 5.92 Å². The van der Waals surface area contributed by atoms with Gasteiger partial charge in [0.2, 0.25) is 10.0 Å². The van der Waals surface area contributed by atoms with Gasteiger partial charge in [0, 0.05) is 24.2 Å². The molecule has 2 saturated heterocycles. The summed E-state index contributed by atoms with van der Waals surface area (Å²) in [5.41, 5.74) is 0.526. The number of benzene rings is 1. The minimum absolute atomic E-state index is 0.0133. The molecule has 2 fully saturated rings. The highest BCUT2D eigenvalue weighted by Gasteiger charge is 2.42. The van der Waals surface area contributed by atoms with Crippen molar-refractivity contribution < 1.29 is 17.9 Å². The molecular formula is C18H24Cl2N2O4S. The van der Waals surface area contributed by atoms with E-state index in [2.05, 4.69) is 13.8 Å². The van der Waals surface area contributed by atoms with Gasteiger partial charge in [0.15, 0.2) is 0 Å². The van der Waals surface area contributed by atoms with Gasteiger partial charge in [-0.2, -0.15) is 4.31 Å². The van der Waals surface area contributed by atoms with E-state index in [4.69, 9.17) is 27.9 Å². The molecule has 0 spiro atoms. The number of hydrogen-bond acceptors (Lipinski definition) is 4. The van der Waals surface area contributed by atoms with E-state index in [1.807, 2.05) is 0 Å². The van der Waals surface area contributed by atoms with E-state index in [0.29, 0.717) is 43.1 Å². The molecule has 27 heavy (non-hydrogen) atoms. The third-order valence-electron chi connectivity index (χ3n) is 5.32. The smallest absolute Gasteiger partial charge is 0.410 e. The number of ether oxygens (including phenoxy) is 1. The predicted octanol–water partition coefficient (Wildman–Crippen LogP) is 3.93. The Bertz CT molecular complexity index is 813. The first-order valence-corrected chi connectivity index (χ1v) is 11.2. The lowest BCUT2D eigenvalue weighted by molar-refractivity contribution is 0.117. The molecule has 2 aliphatic rings. The fraction of sp³-hybridized carbons (Fsp3) is 0.611. The number of amides is 1. The van der Waals surface area contributed by atoms with Crippen molar-refractivity contribution in [3.63, 3.8) is 0 Å². The van der Waals surface area contributed by atoms with Gasteiger partial charge in [-0.15, -0.1) is 0 Å². The largest absolute Gasteiger partial charge is 0.447 e. The number of carbonyl (C=O) groups is 1. The van der Waals surface area contributed by atoms with Gasteiger partial charge in [-0.1, -0.05) is 37.0 Å². The van der Waals surface area contributed by atoms with E-state index in [1.54, 1.807) is 17.9 Å². The second-order valence-corrected chi connectivity index (χ2v) is 10.2. The molecule has 1 atom stereocenters. The number of rotatable bonds is 4. The summed E-state index contributed by atoms with van der Waals surface area (Å²) in [4.78, 5) is 14.1. The van der Waals surface area contributed by atoms with Crippen molar-refractivity contribution >= 4 is 39.3 Å². The molecule has 9 heteroatoms. The standard InChI is InChI=1S/C18H24Cl2N2O4S/c1-11(2)16-10-26-18(23)22(16)14-4-6-21(7-5-14)27(24,25)17-12(3)8-13(19)9-15(17)20/h8-9,11,14,16H,4-7,10H2,1-3H3. The fourth-order valence-electron chi connectivity index (χ4n) is 3.89. The van der Waals surface area contributed by atoms with E-state index in [-0.39, 0.29) is 34.0 Å². The molecule has 0 aliphatic carbocycles. The van der Waals surface area contributed by atoms with E-state index < -0.39 is 10.0 Å².